The van der Waals surface area contributed by atoms with E-state index < -0.39 is 59.8 Å². The summed E-state index contributed by atoms with van der Waals surface area (Å²) in [5, 5.41) is 0. The average Bonchev–Trinajstić information content (AvgIpc) is 3.41. The molecule has 0 N–H and O–H groups in total. The Balaban J connectivity index is 1.67. The summed E-state index contributed by atoms with van der Waals surface area (Å²) in [7, 11) is 1.19. The van der Waals surface area contributed by atoms with Crippen molar-refractivity contribution >= 4 is 35.9 Å². The van der Waals surface area contributed by atoms with Gasteiger partial charge in [-0.25, -0.2) is 19.5 Å². The standard InChI is InChI=1S/C31H36N4O8/c1-6-19-20-14-15-21-23(26(38)34(25(21)37)17-22(36)41-5)24(20)31(4)28(32-16-18-12-10-9-11-13-18)43-30(40)35(31)27(19)42-29(39)33(7-2)8-3/h9-14,21,23-24H,6-8,15-17H2,1-5H3/t21-,23-,24+,31+/m1/s1. The third-order valence-corrected chi connectivity index (χ3v) is 8.86. The zero-order chi connectivity index (χ0) is 31.1. The highest BCUT2D eigenvalue weighted by atomic mass is 16.6. The lowest BCUT2D eigenvalue weighted by molar-refractivity contribution is -0.151. The molecular formula is C31H36N4O8. The molecule has 4 atom stereocenters. The molecule has 228 valence electrons. The van der Waals surface area contributed by atoms with Gasteiger partial charge < -0.3 is 19.1 Å². The molecule has 2 fully saturated rings. The van der Waals surface area contributed by atoms with Crippen LogP contribution in [0.5, 0.6) is 0 Å². The van der Waals surface area contributed by atoms with Crippen LogP contribution in [0.2, 0.25) is 0 Å². The van der Waals surface area contributed by atoms with Crippen molar-refractivity contribution in [2.45, 2.75) is 52.6 Å². The molecule has 43 heavy (non-hydrogen) atoms. The van der Waals surface area contributed by atoms with Crippen LogP contribution < -0.4 is 0 Å². The number of ether oxygens (including phenoxy) is 3. The maximum absolute atomic E-state index is 14.0. The first kappa shape index (κ1) is 30.0. The Bertz CT molecular complexity index is 1450. The van der Waals surface area contributed by atoms with Gasteiger partial charge in [0.25, 0.3) is 0 Å². The lowest BCUT2D eigenvalue weighted by atomic mass is 9.61. The zero-order valence-electron chi connectivity index (χ0n) is 25.0. The molecule has 3 aliphatic heterocycles. The molecule has 1 aromatic carbocycles. The molecule has 0 radical (unpaired) electrons. The average molecular weight is 593 g/mol. The van der Waals surface area contributed by atoms with E-state index in [1.807, 2.05) is 57.2 Å². The Morgan fingerprint density at radius 3 is 2.42 bits per heavy atom. The fraction of sp³-hybridized carbons (Fsp3) is 0.484. The highest BCUT2D eigenvalue weighted by Crippen LogP contribution is 2.56. The Hall–Kier alpha value is -4.48. The van der Waals surface area contributed by atoms with E-state index in [0.717, 1.165) is 10.5 Å². The van der Waals surface area contributed by atoms with Crippen molar-refractivity contribution in [2.75, 3.05) is 26.7 Å². The van der Waals surface area contributed by atoms with E-state index in [1.54, 1.807) is 6.92 Å². The van der Waals surface area contributed by atoms with Crippen LogP contribution in [-0.4, -0.2) is 82.9 Å². The van der Waals surface area contributed by atoms with Gasteiger partial charge in [0.05, 0.1) is 25.5 Å². The van der Waals surface area contributed by atoms with Gasteiger partial charge in [-0.05, 0) is 44.7 Å². The number of methoxy groups -OCH3 is 1. The smallest absolute Gasteiger partial charge is 0.424 e. The van der Waals surface area contributed by atoms with Crippen molar-refractivity contribution < 1.29 is 38.2 Å². The molecule has 2 saturated heterocycles. The molecule has 0 spiro atoms. The third kappa shape index (κ3) is 4.78. The van der Waals surface area contributed by atoms with E-state index in [2.05, 4.69) is 0 Å². The molecule has 0 saturated carbocycles. The number of hydrogen-bond acceptors (Lipinski definition) is 9. The van der Waals surface area contributed by atoms with Crippen LogP contribution in [0.25, 0.3) is 0 Å². The Morgan fingerprint density at radius 1 is 1.09 bits per heavy atom. The topological polar surface area (TPSA) is 135 Å². The number of imide groups is 1. The molecule has 5 rings (SSSR count). The number of aliphatic imine (C=N–C) groups is 1. The third-order valence-electron chi connectivity index (χ3n) is 8.86. The fourth-order valence-electron chi connectivity index (χ4n) is 6.70. The highest BCUT2D eigenvalue weighted by molar-refractivity contribution is 6.10. The van der Waals surface area contributed by atoms with Crippen molar-refractivity contribution in [1.29, 1.82) is 0 Å². The zero-order valence-corrected chi connectivity index (χ0v) is 25.0. The Kier molecular flexibility index (Phi) is 8.13. The van der Waals surface area contributed by atoms with E-state index in [-0.39, 0.29) is 24.7 Å². The maximum atomic E-state index is 14.0. The number of allylic oxidation sites excluding steroid dienone is 2. The van der Waals surface area contributed by atoms with E-state index in [9.17, 15) is 24.0 Å². The molecular weight excluding hydrogens is 556 g/mol. The number of carbonyl (C=O) groups excluding carboxylic acids is 5. The van der Waals surface area contributed by atoms with Gasteiger partial charge in [0.1, 0.15) is 12.1 Å². The molecule has 1 aliphatic carbocycles. The van der Waals surface area contributed by atoms with Gasteiger partial charge in [-0.1, -0.05) is 43.3 Å². The summed E-state index contributed by atoms with van der Waals surface area (Å²) in [6.45, 7) is 7.72. The van der Waals surface area contributed by atoms with Gasteiger partial charge in [-0.2, -0.15) is 0 Å². The first-order valence-electron chi connectivity index (χ1n) is 14.5. The monoisotopic (exact) mass is 592 g/mol. The van der Waals surface area contributed by atoms with Crippen molar-refractivity contribution in [2.24, 2.45) is 22.7 Å². The number of rotatable bonds is 8. The van der Waals surface area contributed by atoms with Gasteiger partial charge in [-0.15, -0.1) is 0 Å². The SMILES string of the molecule is CCC1=C(OC(=O)N(CC)CC)N2C(=O)OC(=NCc3ccccc3)[C@]2(C)[C@H]2C1=CC[C@H]1C(=O)N(CC(=O)OC)C(=O)[C@H]12. The van der Waals surface area contributed by atoms with Crippen LogP contribution >= 0.6 is 0 Å². The number of likely N-dealkylation sites (tertiary alicyclic amines) is 1. The molecule has 1 aromatic rings. The summed E-state index contributed by atoms with van der Waals surface area (Å²) in [5.74, 6) is -4.07. The van der Waals surface area contributed by atoms with Crippen LogP contribution in [-0.2, 0) is 35.1 Å². The van der Waals surface area contributed by atoms with Gasteiger partial charge in [-0.3, -0.25) is 19.3 Å². The summed E-state index contributed by atoms with van der Waals surface area (Å²) in [4.78, 5) is 74.9. The second-order valence-electron chi connectivity index (χ2n) is 11.0. The first-order chi connectivity index (χ1) is 20.6. The number of fused-ring (bicyclic) bond motifs is 5. The van der Waals surface area contributed by atoms with E-state index >= 15 is 0 Å². The van der Waals surface area contributed by atoms with E-state index in [1.165, 1.54) is 16.9 Å². The molecule has 12 heteroatoms. The van der Waals surface area contributed by atoms with Gasteiger partial charge in [0.2, 0.25) is 23.6 Å². The molecule has 3 heterocycles. The number of esters is 1. The normalized spacial score (nSPS) is 27.0. The maximum Gasteiger partial charge on any atom is 0.424 e. The van der Waals surface area contributed by atoms with Crippen molar-refractivity contribution in [3.63, 3.8) is 0 Å². The second kappa shape index (κ2) is 11.7. The molecule has 0 aromatic heterocycles. The van der Waals surface area contributed by atoms with Gasteiger partial charge in [0, 0.05) is 24.6 Å². The number of nitrogens with zero attached hydrogens (tertiary/aromatic N) is 4. The number of hydrogen-bond donors (Lipinski definition) is 0. The second-order valence-corrected chi connectivity index (χ2v) is 11.0. The number of benzene rings is 1. The Morgan fingerprint density at radius 2 is 1.79 bits per heavy atom. The fourth-order valence-corrected chi connectivity index (χ4v) is 6.70. The predicted octanol–water partition coefficient (Wildman–Crippen LogP) is 3.63. The molecule has 0 bridgehead atoms. The van der Waals surface area contributed by atoms with E-state index in [4.69, 9.17) is 19.2 Å². The lowest BCUT2D eigenvalue weighted by Gasteiger charge is -2.49. The van der Waals surface area contributed by atoms with Crippen molar-refractivity contribution in [3.8, 4) is 0 Å². The predicted molar refractivity (Wildman–Crippen MR) is 153 cm³/mol. The van der Waals surface area contributed by atoms with Crippen LogP contribution in [0.3, 0.4) is 0 Å². The van der Waals surface area contributed by atoms with E-state index in [0.29, 0.717) is 30.7 Å². The molecule has 12 nitrogen and oxygen atoms in total. The summed E-state index contributed by atoms with van der Waals surface area (Å²) < 4.78 is 16.5. The Labute approximate surface area is 249 Å². The largest absolute Gasteiger partial charge is 0.468 e. The molecule has 4 amide bonds. The lowest BCUT2D eigenvalue weighted by Crippen LogP contribution is -2.60. The minimum atomic E-state index is -1.42. The first-order valence-corrected chi connectivity index (χ1v) is 14.5. The number of amides is 4. The van der Waals surface area contributed by atoms with Crippen LogP contribution in [0.15, 0.2) is 58.4 Å². The number of cyclic esters (lactones) is 1. The molecule has 0 unspecified atom stereocenters. The summed E-state index contributed by atoms with van der Waals surface area (Å²) in [6.07, 6.45) is 1.06. The quantitative estimate of drug-likeness (QED) is 0.254. The van der Waals surface area contributed by atoms with Gasteiger partial charge in [0.15, 0.2) is 0 Å². The van der Waals surface area contributed by atoms with Crippen LogP contribution in [0, 0.1) is 17.8 Å². The van der Waals surface area contributed by atoms with Crippen molar-refractivity contribution in [3.05, 3.63) is 59.0 Å². The number of carbonyl (C=O) groups is 5. The minimum Gasteiger partial charge on any atom is -0.468 e. The minimum absolute atomic E-state index is 0.0287. The summed E-state index contributed by atoms with van der Waals surface area (Å²) in [5.41, 5.74) is 0.706. The van der Waals surface area contributed by atoms with Gasteiger partial charge >= 0.3 is 18.2 Å². The van der Waals surface area contributed by atoms with Crippen LogP contribution in [0.1, 0.15) is 46.1 Å². The molecule has 4 aliphatic rings. The van der Waals surface area contributed by atoms with Crippen molar-refractivity contribution in [1.82, 2.24) is 14.7 Å². The summed E-state index contributed by atoms with van der Waals surface area (Å²) in [6, 6.07) is 9.40. The summed E-state index contributed by atoms with van der Waals surface area (Å²) >= 11 is 0. The highest BCUT2D eigenvalue weighted by Gasteiger charge is 2.68. The van der Waals surface area contributed by atoms with Crippen LogP contribution in [0.4, 0.5) is 9.59 Å².